The van der Waals surface area contributed by atoms with Gasteiger partial charge in [0.15, 0.2) is 12.6 Å². The highest BCUT2D eigenvalue weighted by Gasteiger charge is 2.45. The van der Waals surface area contributed by atoms with Crippen molar-refractivity contribution in [3.8, 4) is 11.9 Å². The van der Waals surface area contributed by atoms with Gasteiger partial charge in [-0.15, -0.1) is 4.99 Å². The van der Waals surface area contributed by atoms with Gasteiger partial charge in [-0.25, -0.2) is 9.67 Å². The van der Waals surface area contributed by atoms with Crippen molar-refractivity contribution in [2.45, 2.75) is 24.7 Å². The molecule has 0 saturated carbocycles. The normalized spacial score (nSPS) is 23.7. The van der Waals surface area contributed by atoms with E-state index in [-0.39, 0.29) is 25.5 Å². The number of piperazine rings is 1. The van der Waals surface area contributed by atoms with Crippen LogP contribution in [0.1, 0.15) is 5.56 Å². The van der Waals surface area contributed by atoms with Crippen LogP contribution in [-0.4, -0.2) is 78.3 Å². The van der Waals surface area contributed by atoms with Crippen molar-refractivity contribution >= 4 is 35.3 Å². The summed E-state index contributed by atoms with van der Waals surface area (Å²) in [6, 6.07) is 13.1. The molecule has 1 aromatic heterocycles. The molecule has 39 heavy (non-hydrogen) atoms. The van der Waals surface area contributed by atoms with Gasteiger partial charge in [-0.3, -0.25) is 4.90 Å². The fourth-order valence-corrected chi connectivity index (χ4v) is 5.12. The molecule has 0 N–H and O–H groups in total. The average molecular weight is 572 g/mol. The summed E-state index contributed by atoms with van der Waals surface area (Å²) in [5, 5.41) is 13.7. The summed E-state index contributed by atoms with van der Waals surface area (Å²) < 4.78 is 25.9. The SMILES string of the molecule is CN1CCN(c2ccc(OCC3COC(Cn4cncn4)(c4ccc(Cl)cc4Cl)O3)cc2)CC1OC=NC#N. The topological polar surface area (TPSA) is 110 Å². The predicted molar refractivity (Wildman–Crippen MR) is 145 cm³/mol. The standard InChI is InChI=1S/C26H27Cl2N7O4/c1-33-8-9-34(11-25(33)37-18-30-15-29)20-3-5-21(6-4-20)36-12-22-13-38-26(39-22,14-35-17-31-16-32-35)23-7-2-19(27)10-24(23)28/h2-7,10,16-18,22,25H,8-9,11-14H2,1H3. The highest BCUT2D eigenvalue weighted by atomic mass is 35.5. The molecule has 2 saturated heterocycles. The second-order valence-electron chi connectivity index (χ2n) is 9.18. The van der Waals surface area contributed by atoms with E-state index in [1.807, 2.05) is 31.3 Å². The summed E-state index contributed by atoms with van der Waals surface area (Å²) in [6.07, 6.45) is 5.40. The predicted octanol–water partition coefficient (Wildman–Crippen LogP) is 3.54. The van der Waals surface area contributed by atoms with Crippen molar-refractivity contribution in [1.29, 1.82) is 5.26 Å². The summed E-state index contributed by atoms with van der Waals surface area (Å²) in [5.41, 5.74) is 1.70. The van der Waals surface area contributed by atoms with Crippen LogP contribution in [0.3, 0.4) is 0 Å². The lowest BCUT2D eigenvalue weighted by molar-refractivity contribution is -0.190. The van der Waals surface area contributed by atoms with Crippen LogP contribution >= 0.6 is 23.2 Å². The van der Waals surface area contributed by atoms with Gasteiger partial charge in [0.2, 0.25) is 12.0 Å². The van der Waals surface area contributed by atoms with Crippen molar-refractivity contribution < 1.29 is 18.9 Å². The Labute approximate surface area is 236 Å². The third-order valence-electron chi connectivity index (χ3n) is 6.59. The fraction of sp³-hybridized carbons (Fsp3) is 0.385. The molecule has 3 atom stereocenters. The Balaban J connectivity index is 1.21. The van der Waals surface area contributed by atoms with E-state index in [0.29, 0.717) is 34.5 Å². The quantitative estimate of drug-likeness (QED) is 0.216. The number of halogens is 2. The second kappa shape index (κ2) is 12.2. The Morgan fingerprint density at radius 3 is 2.82 bits per heavy atom. The van der Waals surface area contributed by atoms with Crippen LogP contribution in [0.15, 0.2) is 60.1 Å². The number of rotatable bonds is 9. The van der Waals surface area contributed by atoms with E-state index in [1.165, 1.54) is 12.7 Å². The highest BCUT2D eigenvalue weighted by molar-refractivity contribution is 6.35. The molecule has 2 fully saturated rings. The highest BCUT2D eigenvalue weighted by Crippen LogP contribution is 2.40. The van der Waals surface area contributed by atoms with Gasteiger partial charge in [0.05, 0.1) is 18.2 Å². The zero-order chi connectivity index (χ0) is 27.2. The van der Waals surface area contributed by atoms with E-state index in [2.05, 4.69) is 24.9 Å². The first-order valence-corrected chi connectivity index (χ1v) is 13.1. The number of benzene rings is 2. The number of hydrogen-bond donors (Lipinski definition) is 0. The molecular formula is C26H27Cl2N7O4. The smallest absolute Gasteiger partial charge is 0.217 e. The van der Waals surface area contributed by atoms with Crippen molar-refractivity contribution in [3.63, 3.8) is 0 Å². The Morgan fingerprint density at radius 1 is 1.23 bits per heavy atom. The van der Waals surface area contributed by atoms with Crippen LogP contribution < -0.4 is 9.64 Å². The number of ether oxygens (including phenoxy) is 4. The molecule has 0 aliphatic carbocycles. The third kappa shape index (κ3) is 6.43. The average Bonchev–Trinajstić information content (AvgIpc) is 3.60. The molecule has 2 aromatic carbocycles. The van der Waals surface area contributed by atoms with Crippen molar-refractivity contribution in [3.05, 3.63) is 70.7 Å². The van der Waals surface area contributed by atoms with Gasteiger partial charge in [0.1, 0.15) is 37.7 Å². The molecule has 3 heterocycles. The lowest BCUT2D eigenvalue weighted by Gasteiger charge is -2.39. The Kier molecular flexibility index (Phi) is 8.50. The van der Waals surface area contributed by atoms with Crippen LogP contribution in [0.25, 0.3) is 0 Å². The lowest BCUT2D eigenvalue weighted by Crippen LogP contribution is -2.52. The maximum Gasteiger partial charge on any atom is 0.217 e. The molecular weight excluding hydrogens is 545 g/mol. The summed E-state index contributed by atoms with van der Waals surface area (Å²) in [6.45, 7) is 3.16. The molecule has 204 valence electrons. The first kappa shape index (κ1) is 27.2. The molecule has 3 unspecified atom stereocenters. The van der Waals surface area contributed by atoms with Crippen LogP contribution in [-0.2, 0) is 26.5 Å². The minimum absolute atomic E-state index is 0.196. The number of hydrogen-bond acceptors (Lipinski definition) is 10. The van der Waals surface area contributed by atoms with Crippen molar-refractivity contribution in [1.82, 2.24) is 19.7 Å². The molecule has 3 aromatic rings. The van der Waals surface area contributed by atoms with E-state index < -0.39 is 5.79 Å². The monoisotopic (exact) mass is 571 g/mol. The van der Waals surface area contributed by atoms with E-state index in [1.54, 1.807) is 35.4 Å². The zero-order valence-corrected chi connectivity index (χ0v) is 22.7. The summed E-state index contributed by atoms with van der Waals surface area (Å²) in [5.74, 6) is -0.450. The first-order valence-electron chi connectivity index (χ1n) is 12.3. The molecule has 11 nitrogen and oxygen atoms in total. The molecule has 13 heteroatoms. The summed E-state index contributed by atoms with van der Waals surface area (Å²) in [4.78, 5) is 11.8. The zero-order valence-electron chi connectivity index (χ0n) is 21.2. The fourth-order valence-electron chi connectivity index (χ4n) is 4.57. The van der Waals surface area contributed by atoms with E-state index in [9.17, 15) is 0 Å². The summed E-state index contributed by atoms with van der Waals surface area (Å²) in [7, 11) is 1.98. The molecule has 0 spiro atoms. The largest absolute Gasteiger partial charge is 0.491 e. The lowest BCUT2D eigenvalue weighted by atomic mass is 10.1. The minimum atomic E-state index is -1.16. The Bertz CT molecular complexity index is 1320. The Hall–Kier alpha value is -3.40. The Morgan fingerprint density at radius 2 is 2.08 bits per heavy atom. The summed E-state index contributed by atoms with van der Waals surface area (Å²) >= 11 is 12.6. The molecule has 2 aliphatic heterocycles. The second-order valence-corrected chi connectivity index (χ2v) is 10.0. The van der Waals surface area contributed by atoms with E-state index in [0.717, 1.165) is 18.8 Å². The van der Waals surface area contributed by atoms with Gasteiger partial charge in [-0.1, -0.05) is 29.3 Å². The van der Waals surface area contributed by atoms with Gasteiger partial charge >= 0.3 is 0 Å². The van der Waals surface area contributed by atoms with Gasteiger partial charge < -0.3 is 23.8 Å². The van der Waals surface area contributed by atoms with Gasteiger partial charge in [-0.05, 0) is 43.4 Å². The third-order valence-corrected chi connectivity index (χ3v) is 7.14. The number of aliphatic imine (C=N–C) groups is 1. The van der Waals surface area contributed by atoms with Gasteiger partial charge in [-0.2, -0.15) is 10.4 Å². The minimum Gasteiger partial charge on any atom is -0.491 e. The van der Waals surface area contributed by atoms with Crippen molar-refractivity contribution in [2.75, 3.05) is 44.8 Å². The van der Waals surface area contributed by atoms with Gasteiger partial charge in [0, 0.05) is 29.4 Å². The molecule has 0 radical (unpaired) electrons. The number of anilines is 1. The first-order chi connectivity index (χ1) is 19.0. The molecule has 2 aliphatic rings. The van der Waals surface area contributed by atoms with Crippen LogP contribution in [0, 0.1) is 11.5 Å². The maximum absolute atomic E-state index is 8.59. The number of nitrogens with zero attached hydrogens (tertiary/aromatic N) is 7. The molecule has 0 bridgehead atoms. The number of nitriles is 1. The molecule has 0 amide bonds. The van der Waals surface area contributed by atoms with Crippen LogP contribution in [0.2, 0.25) is 10.0 Å². The maximum atomic E-state index is 8.59. The number of likely N-dealkylation sites (N-methyl/N-ethyl adjacent to an activating group) is 1. The van der Waals surface area contributed by atoms with Crippen LogP contribution in [0.5, 0.6) is 5.75 Å². The van der Waals surface area contributed by atoms with Crippen LogP contribution in [0.4, 0.5) is 5.69 Å². The van der Waals surface area contributed by atoms with E-state index >= 15 is 0 Å². The number of aromatic nitrogens is 3. The molecule has 5 rings (SSSR count). The van der Waals surface area contributed by atoms with Gasteiger partial charge in [0.25, 0.3) is 0 Å². The van der Waals surface area contributed by atoms with E-state index in [4.69, 9.17) is 47.4 Å². The van der Waals surface area contributed by atoms with Crippen molar-refractivity contribution in [2.24, 2.45) is 4.99 Å².